The number of fused-ring (bicyclic) bond motifs is 2. The summed E-state index contributed by atoms with van der Waals surface area (Å²) in [6, 6.07) is 16.1. The second kappa shape index (κ2) is 6.51. The largest absolute Gasteiger partial charge is 0.338 e. The van der Waals surface area contributed by atoms with Crippen molar-refractivity contribution in [2.75, 3.05) is 11.4 Å². The number of anilines is 1. The van der Waals surface area contributed by atoms with Crippen LogP contribution in [0.5, 0.6) is 0 Å². The fraction of sp³-hybridized carbons (Fsp3) is 0.143. The predicted molar refractivity (Wildman–Crippen MR) is 112 cm³/mol. The molecule has 0 fully saturated rings. The third kappa shape index (κ3) is 2.93. The number of rotatable bonds is 2. The second-order valence-electron chi connectivity index (χ2n) is 6.66. The van der Waals surface area contributed by atoms with Gasteiger partial charge in [0.05, 0.1) is 5.52 Å². The highest BCUT2D eigenvalue weighted by Gasteiger charge is 2.20. The topological polar surface area (TPSA) is 49.0 Å². The van der Waals surface area contributed by atoms with Crippen molar-refractivity contribution < 1.29 is 0 Å². The first-order chi connectivity index (χ1) is 13.2. The summed E-state index contributed by atoms with van der Waals surface area (Å²) in [7, 11) is 0. The Morgan fingerprint density at radius 2 is 1.85 bits per heavy atom. The quantitative estimate of drug-likeness (QED) is 0.528. The number of hydrogen-bond acceptors (Lipinski definition) is 4. The number of nitrogens with zero attached hydrogens (tertiary/aromatic N) is 2. The Morgan fingerprint density at radius 3 is 2.67 bits per heavy atom. The number of halogens is 1. The number of H-pyrrole nitrogens is 1. The van der Waals surface area contributed by atoms with Crippen LogP contribution in [0.15, 0.2) is 58.7 Å². The van der Waals surface area contributed by atoms with Crippen molar-refractivity contribution in [1.29, 1.82) is 0 Å². The Kier molecular flexibility index (Phi) is 3.99. The Balaban J connectivity index is 1.59. The first-order valence-corrected chi connectivity index (χ1v) is 10.0. The van der Waals surface area contributed by atoms with Crippen LogP contribution in [-0.2, 0) is 13.0 Å². The van der Waals surface area contributed by atoms with Gasteiger partial charge in [0, 0.05) is 29.1 Å². The molecule has 0 atom stereocenters. The van der Waals surface area contributed by atoms with E-state index in [4.69, 9.17) is 16.6 Å². The van der Waals surface area contributed by atoms with E-state index in [0.29, 0.717) is 15.7 Å². The minimum Gasteiger partial charge on any atom is -0.338 e. The van der Waals surface area contributed by atoms with Crippen LogP contribution in [0.25, 0.3) is 21.3 Å². The fourth-order valence-corrected chi connectivity index (χ4v) is 4.61. The van der Waals surface area contributed by atoms with Crippen molar-refractivity contribution in [2.45, 2.75) is 13.0 Å². The van der Waals surface area contributed by atoms with Gasteiger partial charge in [0.25, 0.3) is 5.56 Å². The molecule has 1 aliphatic heterocycles. The molecule has 2 aromatic heterocycles. The van der Waals surface area contributed by atoms with Gasteiger partial charge in [0.2, 0.25) is 5.95 Å². The zero-order valence-corrected chi connectivity index (χ0v) is 16.0. The lowest BCUT2D eigenvalue weighted by molar-refractivity contribution is 0.708. The first kappa shape index (κ1) is 16.5. The standard InChI is InChI=1S/C21H16ClN3OS/c22-16-7-5-14(6-8-16)17-12-27-19-18(17)23-21(24-20(19)26)25-10-9-13-3-1-2-4-15(13)11-25/h1-8,12H,9-11H2,(H,23,24,26). The molecule has 0 amide bonds. The number of nitrogens with one attached hydrogen (secondary N) is 1. The molecule has 5 rings (SSSR count). The molecular formula is C21H16ClN3OS. The Morgan fingerprint density at radius 1 is 1.07 bits per heavy atom. The molecule has 6 heteroatoms. The average Bonchev–Trinajstić information content (AvgIpc) is 3.13. The summed E-state index contributed by atoms with van der Waals surface area (Å²) in [4.78, 5) is 22.6. The first-order valence-electron chi connectivity index (χ1n) is 8.78. The van der Waals surface area contributed by atoms with Crippen LogP contribution in [0.2, 0.25) is 5.02 Å². The maximum absolute atomic E-state index is 12.7. The molecule has 3 heterocycles. The van der Waals surface area contributed by atoms with Crippen LogP contribution >= 0.6 is 22.9 Å². The number of aromatic amines is 1. The molecule has 1 N–H and O–H groups in total. The van der Waals surface area contributed by atoms with E-state index in [9.17, 15) is 4.79 Å². The van der Waals surface area contributed by atoms with Gasteiger partial charge in [-0.25, -0.2) is 4.98 Å². The van der Waals surface area contributed by atoms with Crippen molar-refractivity contribution in [3.05, 3.63) is 80.4 Å². The number of aromatic nitrogens is 2. The van der Waals surface area contributed by atoms with Crippen LogP contribution in [-0.4, -0.2) is 16.5 Å². The van der Waals surface area contributed by atoms with E-state index in [0.717, 1.165) is 36.2 Å². The number of benzene rings is 2. The maximum atomic E-state index is 12.7. The summed E-state index contributed by atoms with van der Waals surface area (Å²) >= 11 is 7.44. The Bertz CT molecular complexity index is 1200. The molecule has 0 saturated heterocycles. The summed E-state index contributed by atoms with van der Waals surface area (Å²) < 4.78 is 0.654. The predicted octanol–water partition coefficient (Wildman–Crippen LogP) is 4.87. The summed E-state index contributed by atoms with van der Waals surface area (Å²) in [5.41, 5.74) is 5.30. The van der Waals surface area contributed by atoms with Crippen LogP contribution in [0.1, 0.15) is 11.1 Å². The zero-order chi connectivity index (χ0) is 18.4. The van der Waals surface area contributed by atoms with Gasteiger partial charge in [0.15, 0.2) is 0 Å². The summed E-state index contributed by atoms with van der Waals surface area (Å²) in [5, 5.41) is 2.68. The average molecular weight is 394 g/mol. The van der Waals surface area contributed by atoms with Crippen molar-refractivity contribution >= 4 is 39.1 Å². The van der Waals surface area contributed by atoms with Crippen molar-refractivity contribution in [1.82, 2.24) is 9.97 Å². The molecule has 4 nitrogen and oxygen atoms in total. The minimum atomic E-state index is -0.0842. The Labute approximate surface area is 165 Å². The monoisotopic (exact) mass is 393 g/mol. The zero-order valence-electron chi connectivity index (χ0n) is 14.4. The Hall–Kier alpha value is -2.63. The van der Waals surface area contributed by atoms with E-state index < -0.39 is 0 Å². The molecule has 27 heavy (non-hydrogen) atoms. The third-order valence-corrected chi connectivity index (χ3v) is 6.22. The number of hydrogen-bond donors (Lipinski definition) is 1. The SMILES string of the molecule is O=c1[nH]c(N2CCc3ccccc3C2)nc2c(-c3ccc(Cl)cc3)csc12. The van der Waals surface area contributed by atoms with Gasteiger partial charge in [-0.1, -0.05) is 48.0 Å². The summed E-state index contributed by atoms with van der Waals surface area (Å²) in [5.74, 6) is 0.635. The highest BCUT2D eigenvalue weighted by Crippen LogP contribution is 2.33. The van der Waals surface area contributed by atoms with Crippen molar-refractivity contribution in [3.63, 3.8) is 0 Å². The lowest BCUT2D eigenvalue weighted by atomic mass is 10.0. The van der Waals surface area contributed by atoms with Gasteiger partial charge < -0.3 is 4.90 Å². The lowest BCUT2D eigenvalue weighted by Gasteiger charge is -2.29. The maximum Gasteiger partial charge on any atom is 0.270 e. The third-order valence-electron chi connectivity index (χ3n) is 5.00. The number of thiophene rings is 1. The molecule has 0 spiro atoms. The molecule has 0 radical (unpaired) electrons. The van der Waals surface area contributed by atoms with E-state index in [1.54, 1.807) is 0 Å². The van der Waals surface area contributed by atoms with Gasteiger partial charge >= 0.3 is 0 Å². The molecule has 0 bridgehead atoms. The van der Waals surface area contributed by atoms with Gasteiger partial charge in [-0.15, -0.1) is 11.3 Å². The molecule has 0 saturated carbocycles. The van der Waals surface area contributed by atoms with E-state index in [1.165, 1.54) is 22.5 Å². The molecule has 0 aliphatic carbocycles. The normalized spacial score (nSPS) is 13.7. The minimum absolute atomic E-state index is 0.0842. The van der Waals surface area contributed by atoms with Crippen molar-refractivity contribution in [2.24, 2.45) is 0 Å². The van der Waals surface area contributed by atoms with Crippen LogP contribution in [0.3, 0.4) is 0 Å². The van der Waals surface area contributed by atoms with E-state index in [2.05, 4.69) is 34.1 Å². The van der Waals surface area contributed by atoms with Crippen LogP contribution in [0, 0.1) is 0 Å². The van der Waals surface area contributed by atoms with Gasteiger partial charge in [-0.3, -0.25) is 9.78 Å². The van der Waals surface area contributed by atoms with Gasteiger partial charge in [-0.2, -0.15) is 0 Å². The summed E-state index contributed by atoms with van der Waals surface area (Å²) in [6.07, 6.45) is 0.950. The van der Waals surface area contributed by atoms with Crippen LogP contribution < -0.4 is 10.5 Å². The second-order valence-corrected chi connectivity index (χ2v) is 7.98. The molecule has 0 unspecified atom stereocenters. The molecule has 4 aromatic rings. The fourth-order valence-electron chi connectivity index (χ4n) is 3.58. The van der Waals surface area contributed by atoms with Crippen molar-refractivity contribution in [3.8, 4) is 11.1 Å². The van der Waals surface area contributed by atoms with E-state index >= 15 is 0 Å². The van der Waals surface area contributed by atoms with Crippen LogP contribution in [0.4, 0.5) is 5.95 Å². The summed E-state index contributed by atoms with van der Waals surface area (Å²) in [6.45, 7) is 1.59. The smallest absolute Gasteiger partial charge is 0.270 e. The highest BCUT2D eigenvalue weighted by atomic mass is 35.5. The molecule has 1 aliphatic rings. The lowest BCUT2D eigenvalue weighted by Crippen LogP contribution is -2.33. The highest BCUT2D eigenvalue weighted by molar-refractivity contribution is 7.17. The molecule has 2 aromatic carbocycles. The molecular weight excluding hydrogens is 378 g/mol. The van der Waals surface area contributed by atoms with E-state index in [-0.39, 0.29) is 5.56 Å². The van der Waals surface area contributed by atoms with Gasteiger partial charge in [-0.05, 0) is 35.2 Å². The molecule has 134 valence electrons. The van der Waals surface area contributed by atoms with Gasteiger partial charge in [0.1, 0.15) is 4.70 Å². The van der Waals surface area contributed by atoms with E-state index in [1.807, 2.05) is 29.6 Å².